The highest BCUT2D eigenvalue weighted by atomic mass is 127. The molecule has 0 spiro atoms. The quantitative estimate of drug-likeness (QED) is 0.354. The SMILES string of the molecule is COc1cc(/C=C2\NC(=O)N(c3cccc(Cl)c3)C2=O)cc(I)c1OC(C)C. The standard InChI is InChI=1S/C20H18ClIN2O4/c1-11(2)28-18-15(22)7-12(9-17(18)27-3)8-16-19(25)24(20(26)23-16)14-6-4-5-13(21)10-14/h4-11H,1-3H3,(H,23,26)/b16-8-. The monoisotopic (exact) mass is 512 g/mol. The van der Waals surface area contributed by atoms with Crippen molar-refractivity contribution in [3.63, 3.8) is 0 Å². The van der Waals surface area contributed by atoms with Gasteiger partial charge in [-0.25, -0.2) is 9.69 Å². The number of imide groups is 1. The third-order valence-corrected chi connectivity index (χ3v) is 4.90. The molecule has 1 saturated heterocycles. The van der Waals surface area contributed by atoms with Crippen molar-refractivity contribution >= 4 is 57.9 Å². The minimum absolute atomic E-state index is 0.00595. The molecule has 1 aliphatic heterocycles. The average molecular weight is 513 g/mol. The van der Waals surface area contributed by atoms with Crippen LogP contribution >= 0.6 is 34.2 Å². The van der Waals surface area contributed by atoms with Gasteiger partial charge in [0.25, 0.3) is 5.91 Å². The zero-order chi connectivity index (χ0) is 20.4. The van der Waals surface area contributed by atoms with E-state index in [9.17, 15) is 9.59 Å². The van der Waals surface area contributed by atoms with Crippen LogP contribution in [0.3, 0.4) is 0 Å². The van der Waals surface area contributed by atoms with Gasteiger partial charge in [-0.1, -0.05) is 17.7 Å². The number of ether oxygens (including phenoxy) is 2. The minimum atomic E-state index is -0.528. The van der Waals surface area contributed by atoms with Gasteiger partial charge in [0.1, 0.15) is 5.70 Å². The summed E-state index contributed by atoms with van der Waals surface area (Å²) in [5.74, 6) is 0.738. The van der Waals surface area contributed by atoms with Crippen molar-refractivity contribution in [1.29, 1.82) is 0 Å². The molecule has 1 heterocycles. The number of nitrogens with zero attached hydrogens (tertiary/aromatic N) is 1. The summed E-state index contributed by atoms with van der Waals surface area (Å²) in [6, 6.07) is 9.65. The van der Waals surface area contributed by atoms with E-state index in [4.69, 9.17) is 21.1 Å². The number of carbonyl (C=O) groups is 2. The molecule has 6 nitrogen and oxygen atoms in total. The summed E-state index contributed by atoms with van der Waals surface area (Å²) in [4.78, 5) is 26.1. The van der Waals surface area contributed by atoms with Gasteiger partial charge >= 0.3 is 6.03 Å². The molecule has 1 fully saturated rings. The van der Waals surface area contributed by atoms with E-state index in [-0.39, 0.29) is 11.8 Å². The second-order valence-corrected chi connectivity index (χ2v) is 7.91. The Balaban J connectivity index is 1.95. The Hall–Kier alpha value is -2.26. The van der Waals surface area contributed by atoms with E-state index in [0.29, 0.717) is 27.8 Å². The van der Waals surface area contributed by atoms with E-state index >= 15 is 0 Å². The van der Waals surface area contributed by atoms with Crippen LogP contribution < -0.4 is 19.7 Å². The number of halogens is 2. The van der Waals surface area contributed by atoms with Gasteiger partial charge in [0.2, 0.25) is 0 Å². The van der Waals surface area contributed by atoms with Crippen molar-refractivity contribution < 1.29 is 19.1 Å². The number of hydrogen-bond donors (Lipinski definition) is 1. The lowest BCUT2D eigenvalue weighted by Crippen LogP contribution is -2.30. The Morgan fingerprint density at radius 1 is 1.21 bits per heavy atom. The van der Waals surface area contributed by atoms with E-state index in [2.05, 4.69) is 27.9 Å². The van der Waals surface area contributed by atoms with Crippen LogP contribution in [0.1, 0.15) is 19.4 Å². The lowest BCUT2D eigenvalue weighted by atomic mass is 10.1. The molecule has 3 amide bonds. The summed E-state index contributed by atoms with van der Waals surface area (Å²) >= 11 is 8.13. The second kappa shape index (κ2) is 8.40. The molecule has 0 saturated carbocycles. The molecular formula is C20H18ClIN2O4. The maximum atomic E-state index is 12.8. The molecular weight excluding hydrogens is 495 g/mol. The van der Waals surface area contributed by atoms with Gasteiger partial charge in [-0.2, -0.15) is 0 Å². The maximum absolute atomic E-state index is 12.8. The zero-order valence-corrected chi connectivity index (χ0v) is 18.4. The van der Waals surface area contributed by atoms with Gasteiger partial charge in [-0.15, -0.1) is 0 Å². The molecule has 28 heavy (non-hydrogen) atoms. The van der Waals surface area contributed by atoms with Crippen LogP contribution in [0.4, 0.5) is 10.5 Å². The molecule has 0 bridgehead atoms. The molecule has 1 N–H and O–H groups in total. The first-order valence-corrected chi connectivity index (χ1v) is 9.92. The Labute approximate surface area is 181 Å². The van der Waals surface area contributed by atoms with Crippen molar-refractivity contribution in [2.45, 2.75) is 20.0 Å². The van der Waals surface area contributed by atoms with Crippen LogP contribution in [0.2, 0.25) is 5.02 Å². The van der Waals surface area contributed by atoms with Crippen LogP contribution in [-0.4, -0.2) is 25.2 Å². The topological polar surface area (TPSA) is 67.9 Å². The van der Waals surface area contributed by atoms with Crippen LogP contribution in [0.5, 0.6) is 11.5 Å². The summed E-state index contributed by atoms with van der Waals surface area (Å²) in [6.45, 7) is 3.87. The predicted octanol–water partition coefficient (Wildman–Crippen LogP) is 4.84. The maximum Gasteiger partial charge on any atom is 0.333 e. The number of anilines is 1. The summed E-state index contributed by atoms with van der Waals surface area (Å²) in [6.07, 6.45) is 1.60. The largest absolute Gasteiger partial charge is 0.493 e. The first-order chi connectivity index (χ1) is 13.3. The van der Waals surface area contributed by atoms with Gasteiger partial charge in [-0.05, 0) is 78.4 Å². The molecule has 2 aromatic rings. The van der Waals surface area contributed by atoms with Crippen LogP contribution in [-0.2, 0) is 4.79 Å². The molecule has 0 radical (unpaired) electrons. The third kappa shape index (κ3) is 4.25. The van der Waals surface area contributed by atoms with Crippen molar-refractivity contribution in [2.24, 2.45) is 0 Å². The van der Waals surface area contributed by atoms with Gasteiger partial charge in [0.15, 0.2) is 11.5 Å². The smallest absolute Gasteiger partial charge is 0.333 e. The fourth-order valence-corrected chi connectivity index (χ4v) is 3.66. The summed E-state index contributed by atoms with van der Waals surface area (Å²) in [5, 5.41) is 3.05. The Kier molecular flexibility index (Phi) is 6.14. The Morgan fingerprint density at radius 2 is 1.96 bits per heavy atom. The van der Waals surface area contributed by atoms with Crippen LogP contribution in [0.25, 0.3) is 6.08 Å². The van der Waals surface area contributed by atoms with Crippen molar-refractivity contribution in [3.8, 4) is 11.5 Å². The lowest BCUT2D eigenvalue weighted by Gasteiger charge is -2.16. The minimum Gasteiger partial charge on any atom is -0.493 e. The number of rotatable bonds is 5. The van der Waals surface area contributed by atoms with Gasteiger partial charge in [-0.3, -0.25) is 4.79 Å². The molecule has 3 rings (SSSR count). The molecule has 0 aliphatic carbocycles. The Morgan fingerprint density at radius 3 is 2.61 bits per heavy atom. The normalized spacial score (nSPS) is 15.4. The zero-order valence-electron chi connectivity index (χ0n) is 15.5. The van der Waals surface area contributed by atoms with Crippen molar-refractivity contribution in [1.82, 2.24) is 5.32 Å². The Bertz CT molecular complexity index is 975. The molecule has 2 aromatic carbocycles. The highest BCUT2D eigenvalue weighted by molar-refractivity contribution is 14.1. The van der Waals surface area contributed by atoms with Crippen molar-refractivity contribution in [2.75, 3.05) is 12.0 Å². The lowest BCUT2D eigenvalue weighted by molar-refractivity contribution is -0.113. The van der Waals surface area contributed by atoms with E-state index in [0.717, 1.165) is 8.47 Å². The number of amides is 3. The fraction of sp³-hybridized carbons (Fsp3) is 0.200. The van der Waals surface area contributed by atoms with Crippen LogP contribution in [0, 0.1) is 3.57 Å². The molecule has 8 heteroatoms. The van der Waals surface area contributed by atoms with Gasteiger partial charge in [0, 0.05) is 5.02 Å². The van der Waals surface area contributed by atoms with Gasteiger partial charge < -0.3 is 14.8 Å². The first kappa shape index (κ1) is 20.5. The van der Waals surface area contributed by atoms with Crippen molar-refractivity contribution in [3.05, 3.63) is 56.3 Å². The highest BCUT2D eigenvalue weighted by Crippen LogP contribution is 2.35. The summed E-state index contributed by atoms with van der Waals surface area (Å²) in [7, 11) is 1.55. The van der Waals surface area contributed by atoms with Gasteiger partial charge in [0.05, 0.1) is 22.5 Å². The average Bonchev–Trinajstić information content (AvgIpc) is 2.90. The van der Waals surface area contributed by atoms with E-state index in [1.807, 2.05) is 19.9 Å². The number of urea groups is 1. The number of hydrogen-bond acceptors (Lipinski definition) is 4. The molecule has 0 atom stereocenters. The number of carbonyl (C=O) groups excluding carboxylic acids is 2. The van der Waals surface area contributed by atoms with E-state index in [1.54, 1.807) is 43.5 Å². The predicted molar refractivity (Wildman–Crippen MR) is 117 cm³/mol. The number of methoxy groups -OCH3 is 1. The van der Waals surface area contributed by atoms with E-state index < -0.39 is 11.9 Å². The molecule has 0 unspecified atom stereocenters. The fourth-order valence-electron chi connectivity index (χ4n) is 2.72. The third-order valence-electron chi connectivity index (χ3n) is 3.86. The molecule has 146 valence electrons. The van der Waals surface area contributed by atoms with E-state index in [1.165, 1.54) is 0 Å². The summed E-state index contributed by atoms with van der Waals surface area (Å²) in [5.41, 5.74) is 1.28. The number of nitrogens with one attached hydrogen (secondary N) is 1. The number of benzene rings is 2. The van der Waals surface area contributed by atoms with Crippen LogP contribution in [0.15, 0.2) is 42.1 Å². The first-order valence-electron chi connectivity index (χ1n) is 8.47. The summed E-state index contributed by atoms with van der Waals surface area (Å²) < 4.78 is 12.1. The second-order valence-electron chi connectivity index (χ2n) is 6.31. The molecule has 0 aromatic heterocycles. The molecule has 1 aliphatic rings. The highest BCUT2D eigenvalue weighted by Gasteiger charge is 2.35.